The van der Waals surface area contributed by atoms with E-state index in [2.05, 4.69) is 57.3 Å². The number of benzene rings is 1. The second-order valence-electron chi connectivity index (χ2n) is 8.33. The van der Waals surface area contributed by atoms with Crippen molar-refractivity contribution in [1.82, 2.24) is 29.6 Å². The van der Waals surface area contributed by atoms with Crippen molar-refractivity contribution in [3.8, 4) is 5.82 Å². The smallest absolute Gasteiger partial charge is 0.278 e. The topological polar surface area (TPSA) is 89.7 Å². The van der Waals surface area contributed by atoms with Crippen molar-refractivity contribution in [3.05, 3.63) is 82.9 Å². The molecule has 33 heavy (non-hydrogen) atoms. The van der Waals surface area contributed by atoms with E-state index in [0.29, 0.717) is 35.3 Å². The Balaban J connectivity index is 1.51. The Morgan fingerprint density at radius 3 is 2.79 bits per heavy atom. The molecule has 0 unspecified atom stereocenters. The molecule has 2 N–H and O–H groups in total. The maximum Gasteiger partial charge on any atom is 0.278 e. The van der Waals surface area contributed by atoms with Crippen LogP contribution in [0.2, 0.25) is 0 Å². The van der Waals surface area contributed by atoms with Gasteiger partial charge in [-0.25, -0.2) is 19.3 Å². The van der Waals surface area contributed by atoms with Crippen LogP contribution in [0.1, 0.15) is 29.9 Å². The molecular weight excluding hydrogens is 414 g/mol. The molecule has 0 aliphatic carbocycles. The first-order valence-electron chi connectivity index (χ1n) is 11.2. The van der Waals surface area contributed by atoms with Crippen molar-refractivity contribution < 1.29 is 0 Å². The number of anilines is 2. The second-order valence-corrected chi connectivity index (χ2v) is 8.33. The van der Waals surface area contributed by atoms with E-state index in [9.17, 15) is 4.79 Å². The molecule has 1 aliphatic rings. The Bertz CT molecular complexity index is 1350. The van der Waals surface area contributed by atoms with Gasteiger partial charge in [0.25, 0.3) is 5.56 Å². The summed E-state index contributed by atoms with van der Waals surface area (Å²) in [6.07, 6.45) is 7.28. The molecular formula is C25H27N7O. The SMILES string of the molecule is C=CCn1c(=O)c2cnc(Nc3ccc(C4CCNCC4)c(C)c3)nc2n1-c1ccccn1. The van der Waals surface area contributed by atoms with Crippen LogP contribution >= 0.6 is 0 Å². The number of hydrogen-bond donors (Lipinski definition) is 2. The first-order chi connectivity index (χ1) is 16.2. The highest BCUT2D eigenvalue weighted by Gasteiger charge is 2.19. The van der Waals surface area contributed by atoms with E-state index >= 15 is 0 Å². The van der Waals surface area contributed by atoms with E-state index in [-0.39, 0.29) is 5.56 Å². The zero-order valence-corrected chi connectivity index (χ0v) is 18.7. The molecule has 0 spiro atoms. The van der Waals surface area contributed by atoms with Gasteiger partial charge in [-0.05, 0) is 74.2 Å². The highest BCUT2D eigenvalue weighted by Crippen LogP contribution is 2.30. The molecule has 4 aromatic rings. The molecule has 0 atom stereocenters. The van der Waals surface area contributed by atoms with Gasteiger partial charge >= 0.3 is 0 Å². The fraction of sp³-hybridized carbons (Fsp3) is 0.280. The van der Waals surface area contributed by atoms with E-state index < -0.39 is 0 Å². The summed E-state index contributed by atoms with van der Waals surface area (Å²) in [5.41, 5.74) is 3.91. The molecule has 3 aromatic heterocycles. The molecule has 168 valence electrons. The van der Waals surface area contributed by atoms with Gasteiger partial charge in [-0.2, -0.15) is 4.98 Å². The van der Waals surface area contributed by atoms with Crippen LogP contribution in [0.25, 0.3) is 16.9 Å². The summed E-state index contributed by atoms with van der Waals surface area (Å²) in [4.78, 5) is 26.5. The molecule has 4 heterocycles. The third-order valence-corrected chi connectivity index (χ3v) is 6.15. The van der Waals surface area contributed by atoms with E-state index in [0.717, 1.165) is 18.8 Å². The second kappa shape index (κ2) is 8.99. The first kappa shape index (κ1) is 21.1. The largest absolute Gasteiger partial charge is 0.324 e. The van der Waals surface area contributed by atoms with Gasteiger partial charge < -0.3 is 10.6 Å². The van der Waals surface area contributed by atoms with Crippen LogP contribution in [0.3, 0.4) is 0 Å². The van der Waals surface area contributed by atoms with Crippen LogP contribution in [0, 0.1) is 6.92 Å². The number of rotatable bonds is 6. The van der Waals surface area contributed by atoms with E-state index in [4.69, 9.17) is 0 Å². The van der Waals surface area contributed by atoms with Crippen molar-refractivity contribution >= 4 is 22.7 Å². The Morgan fingerprint density at radius 1 is 1.21 bits per heavy atom. The number of hydrogen-bond acceptors (Lipinski definition) is 6. The Hall–Kier alpha value is -3.78. The predicted octanol–water partition coefficient (Wildman–Crippen LogP) is 3.68. The summed E-state index contributed by atoms with van der Waals surface area (Å²) >= 11 is 0. The molecule has 1 fully saturated rings. The van der Waals surface area contributed by atoms with E-state index in [1.165, 1.54) is 24.0 Å². The molecule has 1 saturated heterocycles. The van der Waals surface area contributed by atoms with Crippen LogP contribution in [0.5, 0.6) is 0 Å². The van der Waals surface area contributed by atoms with Gasteiger partial charge in [0.1, 0.15) is 5.39 Å². The number of pyridine rings is 1. The van der Waals surface area contributed by atoms with Crippen LogP contribution in [0.4, 0.5) is 11.6 Å². The Labute approximate surface area is 192 Å². The predicted molar refractivity (Wildman–Crippen MR) is 130 cm³/mol. The molecule has 0 saturated carbocycles. The van der Waals surface area contributed by atoms with Crippen molar-refractivity contribution in [2.75, 3.05) is 18.4 Å². The zero-order chi connectivity index (χ0) is 22.8. The minimum Gasteiger partial charge on any atom is -0.324 e. The fourth-order valence-corrected chi connectivity index (χ4v) is 4.56. The van der Waals surface area contributed by atoms with Gasteiger partial charge in [-0.1, -0.05) is 18.2 Å². The van der Waals surface area contributed by atoms with Crippen LogP contribution in [-0.4, -0.2) is 37.4 Å². The summed E-state index contributed by atoms with van der Waals surface area (Å²) in [6.45, 7) is 8.41. The number of nitrogens with one attached hydrogen (secondary N) is 2. The van der Waals surface area contributed by atoms with Gasteiger partial charge in [0, 0.05) is 18.1 Å². The fourth-order valence-electron chi connectivity index (χ4n) is 4.56. The standard InChI is InChI=1S/C25H27N7O/c1-3-14-31-24(33)21-16-28-25(30-23(21)32(31)22-6-4-5-11-27-22)29-19-7-8-20(17(2)15-19)18-9-12-26-13-10-18/h3-8,11,15-16,18,26H,1,9-10,12-14H2,2H3,(H,28,29,30). The van der Waals surface area contributed by atoms with Crippen molar-refractivity contribution in [2.45, 2.75) is 32.2 Å². The lowest BCUT2D eigenvalue weighted by molar-refractivity contribution is 0.459. The van der Waals surface area contributed by atoms with E-state index in [1.54, 1.807) is 27.8 Å². The maximum absolute atomic E-state index is 13.0. The number of piperidine rings is 1. The van der Waals surface area contributed by atoms with Crippen LogP contribution in [0.15, 0.2) is 66.2 Å². The highest BCUT2D eigenvalue weighted by atomic mass is 16.1. The molecule has 0 bridgehead atoms. The normalized spacial score (nSPS) is 14.5. The molecule has 8 heteroatoms. The van der Waals surface area contributed by atoms with Crippen molar-refractivity contribution in [1.29, 1.82) is 0 Å². The first-order valence-corrected chi connectivity index (χ1v) is 11.2. The number of aryl methyl sites for hydroxylation is 1. The number of fused-ring (bicyclic) bond motifs is 1. The molecule has 1 aromatic carbocycles. The maximum atomic E-state index is 13.0. The van der Waals surface area contributed by atoms with Crippen LogP contribution in [-0.2, 0) is 6.54 Å². The van der Waals surface area contributed by atoms with Gasteiger partial charge in [0.2, 0.25) is 5.95 Å². The minimum absolute atomic E-state index is 0.177. The lowest BCUT2D eigenvalue weighted by Gasteiger charge is -2.24. The average molecular weight is 442 g/mol. The van der Waals surface area contributed by atoms with Crippen molar-refractivity contribution in [3.63, 3.8) is 0 Å². The average Bonchev–Trinajstić information content (AvgIpc) is 3.11. The zero-order valence-electron chi connectivity index (χ0n) is 18.7. The summed E-state index contributed by atoms with van der Waals surface area (Å²) < 4.78 is 3.29. The van der Waals surface area contributed by atoms with Gasteiger partial charge in [0.15, 0.2) is 11.5 Å². The summed E-state index contributed by atoms with van der Waals surface area (Å²) in [5, 5.41) is 7.17. The quantitative estimate of drug-likeness (QED) is 0.444. The number of allylic oxidation sites excluding steroid dienone is 1. The molecule has 1 aliphatic heterocycles. The number of nitrogens with zero attached hydrogens (tertiary/aromatic N) is 5. The van der Waals surface area contributed by atoms with Crippen LogP contribution < -0.4 is 16.2 Å². The summed E-state index contributed by atoms with van der Waals surface area (Å²) in [5.74, 6) is 1.64. The summed E-state index contributed by atoms with van der Waals surface area (Å²) in [6, 6.07) is 12.0. The third kappa shape index (κ3) is 4.05. The van der Waals surface area contributed by atoms with E-state index in [1.807, 2.05) is 18.2 Å². The number of aromatic nitrogens is 5. The molecule has 0 amide bonds. The Morgan fingerprint density at radius 2 is 2.06 bits per heavy atom. The van der Waals surface area contributed by atoms with Gasteiger partial charge in [-0.3, -0.25) is 4.79 Å². The van der Waals surface area contributed by atoms with Gasteiger partial charge in [-0.15, -0.1) is 6.58 Å². The van der Waals surface area contributed by atoms with Crippen molar-refractivity contribution in [2.24, 2.45) is 0 Å². The molecule has 0 radical (unpaired) electrons. The summed E-state index contributed by atoms with van der Waals surface area (Å²) in [7, 11) is 0. The monoisotopic (exact) mass is 441 g/mol. The Kier molecular flexibility index (Phi) is 5.75. The lowest BCUT2D eigenvalue weighted by Crippen LogP contribution is -2.26. The molecule has 5 rings (SSSR count). The molecule has 8 nitrogen and oxygen atoms in total. The minimum atomic E-state index is -0.177. The third-order valence-electron chi connectivity index (χ3n) is 6.15. The highest BCUT2D eigenvalue weighted by molar-refractivity contribution is 5.77. The van der Waals surface area contributed by atoms with Gasteiger partial charge in [0.05, 0.1) is 6.54 Å². The lowest BCUT2D eigenvalue weighted by atomic mass is 9.87.